The van der Waals surface area contributed by atoms with Gasteiger partial charge in [0, 0.05) is 30.9 Å². The van der Waals surface area contributed by atoms with Crippen molar-refractivity contribution < 1.29 is 28.2 Å². The Bertz CT molecular complexity index is 1270. The number of benzene rings is 1. The molecule has 0 spiro atoms. The van der Waals surface area contributed by atoms with Crippen molar-refractivity contribution in [2.45, 2.75) is 115 Å². The van der Waals surface area contributed by atoms with E-state index in [9.17, 15) is 28.2 Å². The van der Waals surface area contributed by atoms with Crippen molar-refractivity contribution in [3.63, 3.8) is 0 Å². The molecule has 1 aromatic rings. The second-order valence-electron chi connectivity index (χ2n) is 14.3. The van der Waals surface area contributed by atoms with Crippen molar-refractivity contribution >= 4 is 21.7 Å². The van der Waals surface area contributed by atoms with E-state index in [2.05, 4.69) is 21.4 Å². The Morgan fingerprint density at radius 2 is 1.71 bits per heavy atom. The minimum absolute atomic E-state index is 0.1000. The Morgan fingerprint density at radius 1 is 1.04 bits per heavy atom. The first kappa shape index (κ1) is 35.2. The fraction of sp³-hybridized carbons (Fsp3) is 0.706. The summed E-state index contributed by atoms with van der Waals surface area (Å²) in [5.41, 5.74) is 4.56. The van der Waals surface area contributed by atoms with Crippen LogP contribution in [0.4, 0.5) is 0 Å². The van der Waals surface area contributed by atoms with Gasteiger partial charge in [-0.15, -0.1) is 0 Å². The molecule has 252 valence electrons. The summed E-state index contributed by atoms with van der Waals surface area (Å²) in [5, 5.41) is 21.6. The maximum atomic E-state index is 13.7. The van der Waals surface area contributed by atoms with Crippen molar-refractivity contribution in [1.29, 1.82) is 0 Å². The molecule has 10 nitrogen and oxygen atoms in total. The Hall–Kier alpha value is -2.63. The van der Waals surface area contributed by atoms with Crippen molar-refractivity contribution in [2.24, 2.45) is 11.8 Å². The zero-order chi connectivity index (χ0) is 32.8. The van der Waals surface area contributed by atoms with E-state index in [1.54, 1.807) is 20.8 Å². The molecule has 3 aliphatic rings. The highest BCUT2D eigenvalue weighted by atomic mass is 32.2. The van der Waals surface area contributed by atoms with Gasteiger partial charge in [0.2, 0.25) is 11.8 Å². The molecule has 3 atom stereocenters. The summed E-state index contributed by atoms with van der Waals surface area (Å²) >= 11 is 0. The molecule has 2 aliphatic carbocycles. The van der Waals surface area contributed by atoms with Crippen LogP contribution < -0.4 is 5.43 Å². The number of amides is 2. The zero-order valence-corrected chi connectivity index (χ0v) is 28.3. The monoisotopic (exact) mass is 646 g/mol. The number of hydrazine groups is 1. The highest BCUT2D eigenvalue weighted by Crippen LogP contribution is 2.36. The van der Waals surface area contributed by atoms with Crippen molar-refractivity contribution in [1.82, 2.24) is 20.2 Å². The van der Waals surface area contributed by atoms with E-state index >= 15 is 0 Å². The van der Waals surface area contributed by atoms with E-state index in [4.69, 9.17) is 0 Å². The molecule has 1 unspecified atom stereocenters. The van der Waals surface area contributed by atoms with Crippen LogP contribution in [0.1, 0.15) is 91.0 Å². The molecule has 1 aliphatic heterocycles. The summed E-state index contributed by atoms with van der Waals surface area (Å²) in [4.78, 5) is 32.2. The summed E-state index contributed by atoms with van der Waals surface area (Å²) in [6.45, 7) is 7.79. The van der Waals surface area contributed by atoms with Gasteiger partial charge in [0.1, 0.15) is 0 Å². The Labute approximate surface area is 269 Å². The van der Waals surface area contributed by atoms with Gasteiger partial charge in [0.05, 0.1) is 41.8 Å². The van der Waals surface area contributed by atoms with Crippen LogP contribution in [-0.4, -0.2) is 93.8 Å². The van der Waals surface area contributed by atoms with E-state index in [0.29, 0.717) is 18.4 Å². The van der Waals surface area contributed by atoms with Crippen molar-refractivity contribution in [3.05, 3.63) is 47.8 Å². The van der Waals surface area contributed by atoms with Crippen LogP contribution in [0.2, 0.25) is 0 Å². The molecule has 3 N–H and O–H groups in total. The number of aliphatic hydroxyl groups excluding tert-OH is 2. The topological polar surface area (TPSA) is 130 Å². The lowest BCUT2D eigenvalue weighted by molar-refractivity contribution is -0.145. The normalized spacial score (nSPS) is 20.0. The highest BCUT2D eigenvalue weighted by Gasteiger charge is 2.37. The fourth-order valence-electron chi connectivity index (χ4n) is 6.15. The van der Waals surface area contributed by atoms with Gasteiger partial charge in [0.15, 0.2) is 9.84 Å². The molecule has 45 heavy (non-hydrogen) atoms. The van der Waals surface area contributed by atoms with Crippen LogP contribution in [0.3, 0.4) is 0 Å². The Morgan fingerprint density at radius 3 is 2.31 bits per heavy atom. The number of sulfone groups is 1. The van der Waals surface area contributed by atoms with Crippen LogP contribution in [-0.2, 0) is 25.8 Å². The molecule has 0 saturated heterocycles. The van der Waals surface area contributed by atoms with E-state index < -0.39 is 50.3 Å². The summed E-state index contributed by atoms with van der Waals surface area (Å²) in [7, 11) is -3.67. The highest BCUT2D eigenvalue weighted by molar-refractivity contribution is 7.92. The van der Waals surface area contributed by atoms with Gasteiger partial charge >= 0.3 is 0 Å². The van der Waals surface area contributed by atoms with E-state index in [1.165, 1.54) is 39.0 Å². The number of hydrogen-bond donors (Lipinski definition) is 3. The molecule has 11 heteroatoms. The molecular weight excluding hydrogens is 592 g/mol. The predicted molar refractivity (Wildman–Crippen MR) is 175 cm³/mol. The maximum Gasteiger partial charge on any atom is 0.243 e. The molecule has 0 aromatic heterocycles. The van der Waals surface area contributed by atoms with Gasteiger partial charge in [-0.25, -0.2) is 8.42 Å². The number of rotatable bonds is 14. The Balaban J connectivity index is 1.47. The minimum Gasteiger partial charge on any atom is -0.391 e. The SMILES string of the molecule is C[C@H](O)[C@H](O)CN(NC(=O)C(Cc1ccccc1)CS(=O)(=O)C(C)(C)C)C(=O)CCC1=CN(CC2CCCCC2)CN1C1CC1. The first-order valence-corrected chi connectivity index (χ1v) is 18.3. The zero-order valence-electron chi connectivity index (χ0n) is 27.5. The number of carbonyl (C=O) groups excluding carboxylic acids is 2. The molecule has 4 rings (SSSR count). The second kappa shape index (κ2) is 15.3. The smallest absolute Gasteiger partial charge is 0.243 e. The van der Waals surface area contributed by atoms with Crippen LogP contribution in [0.15, 0.2) is 42.2 Å². The van der Waals surface area contributed by atoms with Crippen LogP contribution in [0.5, 0.6) is 0 Å². The van der Waals surface area contributed by atoms with Gasteiger partial charge in [-0.3, -0.25) is 20.0 Å². The summed E-state index contributed by atoms with van der Waals surface area (Å²) in [6, 6.07) is 9.68. The second-order valence-corrected chi connectivity index (χ2v) is 17.1. The molecule has 0 bridgehead atoms. The molecule has 2 amide bonds. The molecule has 2 fully saturated rings. The van der Waals surface area contributed by atoms with Crippen LogP contribution >= 0.6 is 0 Å². The van der Waals surface area contributed by atoms with Gasteiger partial charge in [0.25, 0.3) is 0 Å². The third-order valence-corrected chi connectivity index (χ3v) is 12.1. The van der Waals surface area contributed by atoms with E-state index in [0.717, 1.165) is 42.3 Å². The average Bonchev–Trinajstić information content (AvgIpc) is 3.75. The Kier molecular flexibility index (Phi) is 12.0. The lowest BCUT2D eigenvalue weighted by Crippen LogP contribution is -2.54. The quantitative estimate of drug-likeness (QED) is 0.262. The first-order chi connectivity index (χ1) is 21.2. The number of aliphatic hydroxyl groups is 2. The molecule has 1 aromatic carbocycles. The lowest BCUT2D eigenvalue weighted by Gasteiger charge is -2.30. The first-order valence-electron chi connectivity index (χ1n) is 16.7. The molecule has 0 radical (unpaired) electrons. The lowest BCUT2D eigenvalue weighted by atomic mass is 9.89. The summed E-state index contributed by atoms with van der Waals surface area (Å²) in [6.07, 6.45) is 9.27. The fourth-order valence-corrected chi connectivity index (χ4v) is 7.45. The summed E-state index contributed by atoms with van der Waals surface area (Å²) in [5.74, 6) is -1.67. The standard InChI is InChI=1S/C34H54N4O6S/c1-25(39)31(40)22-38(35-33(42)28(19-26-11-7-5-8-12-26)23-45(43,44)34(2,3)4)32(41)18-17-30-21-36(24-37(30)29-15-16-29)20-27-13-9-6-10-14-27/h5,7-8,11-12,21,25,27-29,31,39-40H,6,9-10,13-20,22-24H2,1-4H3,(H,35,42)/t25-,28?,31+/m0/s1. The van der Waals surface area contributed by atoms with E-state index in [-0.39, 0.29) is 19.4 Å². The number of hydrogen-bond acceptors (Lipinski definition) is 8. The van der Waals surface area contributed by atoms with E-state index in [1.807, 2.05) is 30.3 Å². The number of nitrogens with zero attached hydrogens (tertiary/aromatic N) is 3. The number of allylic oxidation sites excluding steroid dienone is 1. The number of carbonyl (C=O) groups is 2. The van der Waals surface area contributed by atoms with Crippen LogP contribution in [0.25, 0.3) is 0 Å². The summed E-state index contributed by atoms with van der Waals surface area (Å²) < 4.78 is 25.3. The maximum absolute atomic E-state index is 13.7. The van der Waals surface area contributed by atoms with Gasteiger partial charge < -0.3 is 20.0 Å². The largest absolute Gasteiger partial charge is 0.391 e. The van der Waals surface area contributed by atoms with Crippen molar-refractivity contribution in [3.8, 4) is 0 Å². The third-order valence-electron chi connectivity index (χ3n) is 9.36. The minimum atomic E-state index is -3.67. The third kappa shape index (κ3) is 10.2. The molecule has 2 saturated carbocycles. The van der Waals surface area contributed by atoms with Gasteiger partial charge in [-0.2, -0.15) is 0 Å². The van der Waals surface area contributed by atoms with Gasteiger partial charge in [-0.05, 0) is 77.7 Å². The van der Waals surface area contributed by atoms with Gasteiger partial charge in [-0.1, -0.05) is 49.6 Å². The molecular formula is C34H54N4O6S. The number of nitrogens with one attached hydrogen (secondary N) is 1. The van der Waals surface area contributed by atoms with Crippen molar-refractivity contribution in [2.75, 3.05) is 25.5 Å². The molecule has 1 heterocycles. The average molecular weight is 647 g/mol. The van der Waals surface area contributed by atoms with Crippen LogP contribution in [0, 0.1) is 11.8 Å². The predicted octanol–water partition coefficient (Wildman–Crippen LogP) is 3.60.